The van der Waals surface area contributed by atoms with E-state index in [0.717, 1.165) is 29.7 Å². The van der Waals surface area contributed by atoms with Crippen LogP contribution in [0.2, 0.25) is 0 Å². The summed E-state index contributed by atoms with van der Waals surface area (Å²) in [6.45, 7) is 4.29. The summed E-state index contributed by atoms with van der Waals surface area (Å²) in [5.41, 5.74) is 9.52. The molecule has 0 aliphatic heterocycles. The zero-order valence-electron chi connectivity index (χ0n) is 9.75. The molecule has 3 rings (SSSR count). The van der Waals surface area contributed by atoms with Gasteiger partial charge >= 0.3 is 0 Å². The van der Waals surface area contributed by atoms with Gasteiger partial charge in [-0.05, 0) is 30.5 Å². The Kier molecular flexibility index (Phi) is 1.89. The molecule has 1 aliphatic rings. The van der Waals surface area contributed by atoms with Gasteiger partial charge in [-0.25, -0.2) is 4.98 Å². The highest BCUT2D eigenvalue weighted by molar-refractivity contribution is 5.76. The van der Waals surface area contributed by atoms with Crippen molar-refractivity contribution in [3.05, 3.63) is 29.6 Å². The van der Waals surface area contributed by atoms with Gasteiger partial charge in [0.1, 0.15) is 5.82 Å². The van der Waals surface area contributed by atoms with Crippen molar-refractivity contribution in [3.8, 4) is 0 Å². The quantitative estimate of drug-likeness (QED) is 0.809. The van der Waals surface area contributed by atoms with Gasteiger partial charge in [-0.2, -0.15) is 0 Å². The zero-order valence-corrected chi connectivity index (χ0v) is 9.75. The van der Waals surface area contributed by atoms with Crippen LogP contribution >= 0.6 is 0 Å². The number of rotatable bonds is 2. The van der Waals surface area contributed by atoms with E-state index in [0.29, 0.717) is 5.92 Å². The van der Waals surface area contributed by atoms with E-state index in [4.69, 9.17) is 5.73 Å². The number of hydrogen-bond acceptors (Lipinski definition) is 2. The summed E-state index contributed by atoms with van der Waals surface area (Å²) < 4.78 is 0. The normalized spacial score (nSPS) is 18.2. The molecule has 0 amide bonds. The lowest BCUT2D eigenvalue weighted by atomic mass is 10.1. The summed E-state index contributed by atoms with van der Waals surface area (Å²) in [5.74, 6) is 1.48. The van der Waals surface area contributed by atoms with E-state index in [1.165, 1.54) is 5.56 Å². The van der Waals surface area contributed by atoms with E-state index in [1.54, 1.807) is 0 Å². The molecule has 84 valence electrons. The van der Waals surface area contributed by atoms with Crippen LogP contribution in [0.3, 0.4) is 0 Å². The Morgan fingerprint density at radius 2 is 2.12 bits per heavy atom. The van der Waals surface area contributed by atoms with E-state index in [9.17, 15) is 0 Å². The maximum atomic E-state index is 6.19. The molecule has 16 heavy (non-hydrogen) atoms. The zero-order chi connectivity index (χ0) is 11.3. The van der Waals surface area contributed by atoms with Crippen LogP contribution < -0.4 is 5.73 Å². The second-order valence-corrected chi connectivity index (χ2v) is 5.16. The van der Waals surface area contributed by atoms with Crippen molar-refractivity contribution in [1.82, 2.24) is 9.97 Å². The maximum absolute atomic E-state index is 6.19. The molecule has 3 heteroatoms. The fourth-order valence-corrected chi connectivity index (χ4v) is 2.04. The van der Waals surface area contributed by atoms with Crippen molar-refractivity contribution in [3.63, 3.8) is 0 Å². The first kappa shape index (κ1) is 9.85. The van der Waals surface area contributed by atoms with E-state index in [-0.39, 0.29) is 5.54 Å². The van der Waals surface area contributed by atoms with Crippen molar-refractivity contribution in [1.29, 1.82) is 0 Å². The second-order valence-electron chi connectivity index (χ2n) is 5.16. The number of aromatic amines is 1. The summed E-state index contributed by atoms with van der Waals surface area (Å²) in [6.07, 6.45) is 2.20. The Balaban J connectivity index is 2.10. The largest absolute Gasteiger partial charge is 0.342 e. The van der Waals surface area contributed by atoms with Crippen LogP contribution in [0.4, 0.5) is 0 Å². The Bertz CT molecular complexity index is 535. The second kappa shape index (κ2) is 3.08. The molecule has 1 saturated carbocycles. The van der Waals surface area contributed by atoms with Crippen LogP contribution in [0.15, 0.2) is 18.2 Å². The number of benzene rings is 1. The molecule has 0 spiro atoms. The van der Waals surface area contributed by atoms with E-state index in [1.807, 2.05) is 0 Å². The minimum atomic E-state index is -0.0582. The molecule has 0 atom stereocenters. The van der Waals surface area contributed by atoms with Crippen LogP contribution in [0.5, 0.6) is 0 Å². The van der Waals surface area contributed by atoms with Crippen LogP contribution in [-0.4, -0.2) is 9.97 Å². The summed E-state index contributed by atoms with van der Waals surface area (Å²) in [7, 11) is 0. The SMILES string of the molecule is CC(C)c1nc2ccc(C3(N)CC3)cc2[nH]1. The molecule has 1 aromatic carbocycles. The molecule has 1 aliphatic carbocycles. The topological polar surface area (TPSA) is 54.7 Å². The summed E-state index contributed by atoms with van der Waals surface area (Å²) in [4.78, 5) is 7.93. The number of aromatic nitrogens is 2. The molecule has 0 bridgehead atoms. The van der Waals surface area contributed by atoms with Crippen LogP contribution in [0.25, 0.3) is 11.0 Å². The van der Waals surface area contributed by atoms with Crippen LogP contribution in [0.1, 0.15) is 44.0 Å². The molecule has 1 aromatic heterocycles. The van der Waals surface area contributed by atoms with Gasteiger partial charge in [-0.15, -0.1) is 0 Å². The third-order valence-electron chi connectivity index (χ3n) is 3.41. The number of hydrogen-bond donors (Lipinski definition) is 2. The monoisotopic (exact) mass is 215 g/mol. The van der Waals surface area contributed by atoms with Crippen LogP contribution in [-0.2, 0) is 5.54 Å². The van der Waals surface area contributed by atoms with E-state index in [2.05, 4.69) is 42.0 Å². The molecule has 2 aromatic rings. The number of fused-ring (bicyclic) bond motifs is 1. The number of nitrogens with zero attached hydrogens (tertiary/aromatic N) is 1. The number of nitrogens with two attached hydrogens (primary N) is 1. The average Bonchev–Trinajstić information content (AvgIpc) is 2.86. The van der Waals surface area contributed by atoms with Crippen molar-refractivity contribution in [2.24, 2.45) is 5.73 Å². The average molecular weight is 215 g/mol. The summed E-state index contributed by atoms with van der Waals surface area (Å²) in [6, 6.07) is 6.33. The lowest BCUT2D eigenvalue weighted by Gasteiger charge is -2.07. The number of imidazole rings is 1. The van der Waals surface area contributed by atoms with Gasteiger partial charge in [0.15, 0.2) is 0 Å². The first-order chi connectivity index (χ1) is 7.58. The van der Waals surface area contributed by atoms with Gasteiger partial charge in [0.25, 0.3) is 0 Å². The van der Waals surface area contributed by atoms with Gasteiger partial charge in [-0.3, -0.25) is 0 Å². The lowest BCUT2D eigenvalue weighted by Crippen LogP contribution is -2.18. The first-order valence-electron chi connectivity index (χ1n) is 5.87. The van der Waals surface area contributed by atoms with E-state index < -0.39 is 0 Å². The Labute approximate surface area is 95.1 Å². The molecule has 3 N–H and O–H groups in total. The van der Waals surface area contributed by atoms with Gasteiger partial charge in [0, 0.05) is 11.5 Å². The van der Waals surface area contributed by atoms with Gasteiger partial charge in [-0.1, -0.05) is 19.9 Å². The molecule has 0 radical (unpaired) electrons. The maximum Gasteiger partial charge on any atom is 0.109 e. The van der Waals surface area contributed by atoms with Gasteiger partial charge in [0.05, 0.1) is 11.0 Å². The minimum absolute atomic E-state index is 0.0582. The molecule has 3 nitrogen and oxygen atoms in total. The highest BCUT2D eigenvalue weighted by Crippen LogP contribution is 2.43. The highest BCUT2D eigenvalue weighted by Gasteiger charge is 2.40. The molecular formula is C13H17N3. The Hall–Kier alpha value is -1.35. The minimum Gasteiger partial charge on any atom is -0.342 e. The van der Waals surface area contributed by atoms with Gasteiger partial charge in [0.2, 0.25) is 0 Å². The molecule has 0 saturated heterocycles. The Morgan fingerprint density at radius 3 is 2.75 bits per heavy atom. The molecule has 1 fully saturated rings. The van der Waals surface area contributed by atoms with Crippen molar-refractivity contribution >= 4 is 11.0 Å². The highest BCUT2D eigenvalue weighted by atomic mass is 14.9. The fourth-order valence-electron chi connectivity index (χ4n) is 2.04. The van der Waals surface area contributed by atoms with Crippen molar-refractivity contribution < 1.29 is 0 Å². The molecular weight excluding hydrogens is 198 g/mol. The predicted molar refractivity (Wildman–Crippen MR) is 65.3 cm³/mol. The number of H-pyrrole nitrogens is 1. The standard InChI is InChI=1S/C13H17N3/c1-8(2)12-15-10-4-3-9(7-11(10)16-12)13(14)5-6-13/h3-4,7-8H,5-6,14H2,1-2H3,(H,15,16). The summed E-state index contributed by atoms with van der Waals surface area (Å²) >= 11 is 0. The number of nitrogens with one attached hydrogen (secondary N) is 1. The Morgan fingerprint density at radius 1 is 1.38 bits per heavy atom. The predicted octanol–water partition coefficient (Wildman–Crippen LogP) is 2.63. The fraction of sp³-hybridized carbons (Fsp3) is 0.462. The van der Waals surface area contributed by atoms with Gasteiger partial charge < -0.3 is 10.7 Å². The van der Waals surface area contributed by atoms with E-state index >= 15 is 0 Å². The molecule has 0 unspecified atom stereocenters. The first-order valence-corrected chi connectivity index (χ1v) is 5.87. The van der Waals surface area contributed by atoms with Crippen molar-refractivity contribution in [2.75, 3.05) is 0 Å². The lowest BCUT2D eigenvalue weighted by molar-refractivity contribution is 0.741. The van der Waals surface area contributed by atoms with Crippen LogP contribution in [0, 0.1) is 0 Å². The summed E-state index contributed by atoms with van der Waals surface area (Å²) in [5, 5.41) is 0. The smallest absolute Gasteiger partial charge is 0.109 e. The third-order valence-corrected chi connectivity index (χ3v) is 3.41. The third kappa shape index (κ3) is 1.43. The van der Waals surface area contributed by atoms with Crippen molar-refractivity contribution in [2.45, 2.75) is 38.1 Å². The molecule has 1 heterocycles.